The fraction of sp³-hybridized carbons (Fsp3) is 0.200. The van der Waals surface area contributed by atoms with E-state index in [1.807, 2.05) is 30.3 Å². The molecule has 10 heteroatoms. The van der Waals surface area contributed by atoms with Gasteiger partial charge in [0.1, 0.15) is 11.8 Å². The Labute approximate surface area is 208 Å². The summed E-state index contributed by atoms with van der Waals surface area (Å²) in [7, 11) is -2.57. The lowest BCUT2D eigenvalue weighted by atomic mass is 10.0. The first-order chi connectivity index (χ1) is 16.7. The van der Waals surface area contributed by atoms with E-state index >= 15 is 0 Å². The van der Waals surface area contributed by atoms with Gasteiger partial charge in [0.2, 0.25) is 21.8 Å². The summed E-state index contributed by atoms with van der Waals surface area (Å²) in [6, 6.07) is 17.3. The number of fused-ring (bicyclic) bond motifs is 1. The highest BCUT2D eigenvalue weighted by molar-refractivity contribution is 7.89. The van der Waals surface area contributed by atoms with E-state index in [2.05, 4.69) is 15.4 Å². The molecule has 0 saturated heterocycles. The van der Waals surface area contributed by atoms with Gasteiger partial charge in [0.05, 0.1) is 17.0 Å². The highest BCUT2D eigenvalue weighted by Crippen LogP contribution is 2.28. The van der Waals surface area contributed by atoms with Gasteiger partial charge in [0.25, 0.3) is 0 Å². The third-order valence-electron chi connectivity index (χ3n) is 5.60. The van der Waals surface area contributed by atoms with Gasteiger partial charge in [0, 0.05) is 17.8 Å². The Morgan fingerprint density at radius 2 is 1.86 bits per heavy atom. The van der Waals surface area contributed by atoms with Crippen molar-refractivity contribution in [1.82, 2.24) is 4.72 Å². The van der Waals surface area contributed by atoms with Gasteiger partial charge in [-0.25, -0.2) is 8.42 Å². The second kappa shape index (κ2) is 10.5. The molecule has 0 spiro atoms. The topological polar surface area (TPSA) is 114 Å². The number of ether oxygens (including phenoxy) is 1. The molecule has 1 aliphatic rings. The van der Waals surface area contributed by atoms with Crippen LogP contribution in [-0.2, 0) is 32.5 Å². The molecule has 182 valence electrons. The molecule has 0 bridgehead atoms. The first-order valence-corrected chi connectivity index (χ1v) is 12.7. The number of nitrogens with one attached hydrogen (secondary N) is 3. The summed E-state index contributed by atoms with van der Waals surface area (Å²) < 4.78 is 34.2. The van der Waals surface area contributed by atoms with Crippen LogP contribution in [0.1, 0.15) is 17.5 Å². The molecule has 1 aliphatic heterocycles. The average molecular weight is 514 g/mol. The van der Waals surface area contributed by atoms with Gasteiger partial charge >= 0.3 is 0 Å². The number of hydrogen-bond donors (Lipinski definition) is 3. The minimum Gasteiger partial charge on any atom is -0.495 e. The molecule has 0 radical (unpaired) electrons. The molecular weight excluding hydrogens is 490 g/mol. The number of hydrogen-bond acceptors (Lipinski definition) is 5. The lowest BCUT2D eigenvalue weighted by Gasteiger charge is -2.21. The first kappa shape index (κ1) is 24.7. The molecule has 3 aromatic rings. The summed E-state index contributed by atoms with van der Waals surface area (Å²) in [5.74, 6) is -0.192. The summed E-state index contributed by atoms with van der Waals surface area (Å²) >= 11 is 6.16. The number of sulfonamides is 1. The third-order valence-corrected chi connectivity index (χ3v) is 7.36. The molecule has 35 heavy (non-hydrogen) atoms. The van der Waals surface area contributed by atoms with Crippen molar-refractivity contribution in [3.8, 4) is 5.75 Å². The summed E-state index contributed by atoms with van der Waals surface area (Å²) in [5, 5.41) is 5.77. The number of rotatable bonds is 8. The van der Waals surface area contributed by atoms with Crippen molar-refractivity contribution >= 4 is 44.8 Å². The van der Waals surface area contributed by atoms with Gasteiger partial charge in [0.15, 0.2) is 0 Å². The van der Waals surface area contributed by atoms with E-state index in [4.69, 9.17) is 16.3 Å². The predicted octanol–water partition coefficient (Wildman–Crippen LogP) is 3.76. The normalized spacial score (nSPS) is 13.9. The highest BCUT2D eigenvalue weighted by Gasteiger charge is 2.27. The SMILES string of the molecule is COc1ccc(NC(=O)C(Cc2ccccc2)NS(=O)(=O)c2ccc3c(c2)CCC(=O)N3)cc1Cl. The van der Waals surface area contributed by atoms with Gasteiger partial charge in [-0.3, -0.25) is 9.59 Å². The van der Waals surface area contributed by atoms with E-state index < -0.39 is 22.0 Å². The molecule has 0 saturated carbocycles. The van der Waals surface area contributed by atoms with Crippen LogP contribution in [0.5, 0.6) is 5.75 Å². The molecule has 0 aromatic heterocycles. The van der Waals surface area contributed by atoms with Crippen LogP contribution < -0.4 is 20.1 Å². The van der Waals surface area contributed by atoms with Crippen LogP contribution in [0.25, 0.3) is 0 Å². The molecule has 2 amide bonds. The maximum atomic E-state index is 13.3. The Hall–Kier alpha value is -3.40. The molecule has 0 fully saturated rings. The maximum Gasteiger partial charge on any atom is 0.242 e. The smallest absolute Gasteiger partial charge is 0.242 e. The summed E-state index contributed by atoms with van der Waals surface area (Å²) in [6.45, 7) is 0. The highest BCUT2D eigenvalue weighted by atomic mass is 35.5. The molecule has 3 N–H and O–H groups in total. The fourth-order valence-electron chi connectivity index (χ4n) is 3.79. The van der Waals surface area contributed by atoms with E-state index in [1.54, 1.807) is 18.2 Å². The zero-order chi connectivity index (χ0) is 25.0. The first-order valence-electron chi connectivity index (χ1n) is 10.9. The number of amides is 2. The van der Waals surface area contributed by atoms with Crippen molar-refractivity contribution < 1.29 is 22.7 Å². The van der Waals surface area contributed by atoms with Crippen LogP contribution in [0, 0.1) is 0 Å². The van der Waals surface area contributed by atoms with E-state index in [0.717, 1.165) is 11.1 Å². The zero-order valence-corrected chi connectivity index (χ0v) is 20.4. The quantitative estimate of drug-likeness (QED) is 0.424. The van der Waals surface area contributed by atoms with E-state index in [0.29, 0.717) is 28.6 Å². The number of anilines is 2. The Balaban J connectivity index is 1.59. The van der Waals surface area contributed by atoms with Gasteiger partial charge in [-0.2, -0.15) is 4.72 Å². The Bertz CT molecular complexity index is 1360. The Morgan fingerprint density at radius 1 is 1.09 bits per heavy atom. The van der Waals surface area contributed by atoms with Crippen molar-refractivity contribution in [3.63, 3.8) is 0 Å². The van der Waals surface area contributed by atoms with Crippen LogP contribution in [-0.4, -0.2) is 33.4 Å². The molecule has 3 aromatic carbocycles. The molecule has 8 nitrogen and oxygen atoms in total. The van der Waals surface area contributed by atoms with Crippen molar-refractivity contribution in [2.45, 2.75) is 30.2 Å². The van der Waals surface area contributed by atoms with E-state index in [1.165, 1.54) is 25.3 Å². The molecule has 0 aliphatic carbocycles. The van der Waals surface area contributed by atoms with Crippen molar-refractivity contribution in [2.75, 3.05) is 17.7 Å². The number of aryl methyl sites for hydroxylation is 1. The Morgan fingerprint density at radius 3 is 2.57 bits per heavy atom. The lowest BCUT2D eigenvalue weighted by Crippen LogP contribution is -2.45. The van der Waals surface area contributed by atoms with Gasteiger partial charge in [-0.15, -0.1) is 0 Å². The standard InChI is InChI=1S/C25H24ClN3O5S/c1-34-23-11-8-18(15-20(23)26)27-25(31)22(13-16-5-3-2-4-6-16)29-35(32,33)19-9-10-21-17(14-19)7-12-24(30)28-21/h2-6,8-11,14-15,22,29H,7,12-13H2,1H3,(H,27,31)(H,28,30). The zero-order valence-electron chi connectivity index (χ0n) is 18.9. The van der Waals surface area contributed by atoms with Gasteiger partial charge in [-0.1, -0.05) is 41.9 Å². The molecule has 4 rings (SSSR count). The van der Waals surface area contributed by atoms with Crippen molar-refractivity contribution in [1.29, 1.82) is 0 Å². The molecule has 1 unspecified atom stereocenters. The molecule has 1 atom stereocenters. The van der Waals surface area contributed by atoms with Crippen LogP contribution in [0.2, 0.25) is 5.02 Å². The van der Waals surface area contributed by atoms with Crippen LogP contribution >= 0.6 is 11.6 Å². The minimum absolute atomic E-state index is 0.0192. The van der Waals surface area contributed by atoms with Crippen molar-refractivity contribution in [2.24, 2.45) is 0 Å². The summed E-state index contributed by atoms with van der Waals surface area (Å²) in [6.07, 6.45) is 0.862. The number of halogens is 1. The van der Waals surface area contributed by atoms with Crippen LogP contribution in [0.15, 0.2) is 71.6 Å². The maximum absolute atomic E-state index is 13.3. The molecule has 1 heterocycles. The van der Waals surface area contributed by atoms with Gasteiger partial charge in [-0.05, 0) is 60.4 Å². The van der Waals surface area contributed by atoms with Crippen LogP contribution in [0.3, 0.4) is 0 Å². The lowest BCUT2D eigenvalue weighted by molar-refractivity contribution is -0.118. The number of methoxy groups -OCH3 is 1. The second-order valence-corrected chi connectivity index (χ2v) is 10.2. The third kappa shape index (κ3) is 6.00. The minimum atomic E-state index is -4.05. The van der Waals surface area contributed by atoms with E-state index in [9.17, 15) is 18.0 Å². The number of carbonyl (C=O) groups excluding carboxylic acids is 2. The van der Waals surface area contributed by atoms with Gasteiger partial charge < -0.3 is 15.4 Å². The second-order valence-electron chi connectivity index (χ2n) is 8.07. The predicted molar refractivity (Wildman–Crippen MR) is 134 cm³/mol. The van der Waals surface area contributed by atoms with Crippen LogP contribution in [0.4, 0.5) is 11.4 Å². The van der Waals surface area contributed by atoms with Crippen molar-refractivity contribution in [3.05, 3.63) is 82.9 Å². The Kier molecular flexibility index (Phi) is 7.39. The fourth-order valence-corrected chi connectivity index (χ4v) is 5.30. The van der Waals surface area contributed by atoms with E-state index in [-0.39, 0.29) is 23.6 Å². The largest absolute Gasteiger partial charge is 0.495 e. The average Bonchev–Trinajstić information content (AvgIpc) is 2.84. The monoisotopic (exact) mass is 513 g/mol. The number of carbonyl (C=O) groups is 2. The summed E-state index contributed by atoms with van der Waals surface area (Å²) in [4.78, 5) is 24.8. The molecular formula is C25H24ClN3O5S. The number of benzene rings is 3. The summed E-state index contributed by atoms with van der Waals surface area (Å²) in [5.41, 5.74) is 2.51.